The van der Waals surface area contributed by atoms with Gasteiger partial charge in [0.2, 0.25) is 0 Å². The van der Waals surface area contributed by atoms with E-state index in [0.29, 0.717) is 11.3 Å². The zero-order chi connectivity index (χ0) is 15.5. The van der Waals surface area contributed by atoms with E-state index in [4.69, 9.17) is 9.47 Å². The van der Waals surface area contributed by atoms with Crippen molar-refractivity contribution in [3.8, 4) is 5.75 Å². The zero-order valence-corrected chi connectivity index (χ0v) is 13.5. The van der Waals surface area contributed by atoms with Gasteiger partial charge in [-0.3, -0.25) is 0 Å². The second-order valence-corrected chi connectivity index (χ2v) is 5.68. The van der Waals surface area contributed by atoms with E-state index in [0.717, 1.165) is 21.4 Å². The van der Waals surface area contributed by atoms with Crippen LogP contribution in [0.4, 0.5) is 5.69 Å². The summed E-state index contributed by atoms with van der Waals surface area (Å²) in [4.78, 5) is 12.1. The third-order valence-corrected chi connectivity index (χ3v) is 3.91. The van der Waals surface area contributed by atoms with E-state index in [-0.39, 0.29) is 12.6 Å². The Morgan fingerprint density at radius 1 is 1.14 bits per heavy atom. The molecule has 2 aromatic carbocycles. The lowest BCUT2D eigenvalue weighted by Crippen LogP contribution is -2.04. The number of carbonyl (C=O) groups is 1. The molecule has 112 valence electrons. The summed E-state index contributed by atoms with van der Waals surface area (Å²) in [7, 11) is 1.61. The van der Waals surface area contributed by atoms with Crippen LogP contribution in [-0.2, 0) is 9.53 Å². The molecule has 22 heavy (non-hydrogen) atoms. The number of nitrogens with one attached hydrogen (secondary N) is 1. The Morgan fingerprint density at radius 3 is 2.59 bits per heavy atom. The highest BCUT2D eigenvalue weighted by molar-refractivity contribution is 9.10. The second-order valence-electron chi connectivity index (χ2n) is 4.76. The third-order valence-electron chi connectivity index (χ3n) is 3.38. The average Bonchev–Trinajstić information content (AvgIpc) is 2.89. The van der Waals surface area contributed by atoms with Crippen molar-refractivity contribution in [1.82, 2.24) is 0 Å². The van der Waals surface area contributed by atoms with E-state index in [9.17, 15) is 4.79 Å². The van der Waals surface area contributed by atoms with Gasteiger partial charge in [-0.1, -0.05) is 40.2 Å². The quantitative estimate of drug-likeness (QED) is 0.842. The first-order chi connectivity index (χ1) is 10.7. The van der Waals surface area contributed by atoms with Gasteiger partial charge in [0.05, 0.1) is 24.1 Å². The predicted octanol–water partition coefficient (Wildman–Crippen LogP) is 3.84. The third kappa shape index (κ3) is 2.85. The van der Waals surface area contributed by atoms with Crippen LogP contribution in [0.1, 0.15) is 5.56 Å². The molecular formula is C17H14BrNO3. The van der Waals surface area contributed by atoms with Crippen LogP contribution in [0.2, 0.25) is 0 Å². The van der Waals surface area contributed by atoms with Crippen LogP contribution in [0.25, 0.3) is 5.57 Å². The summed E-state index contributed by atoms with van der Waals surface area (Å²) in [5.41, 5.74) is 2.91. The topological polar surface area (TPSA) is 47.6 Å². The molecule has 0 atom stereocenters. The van der Waals surface area contributed by atoms with E-state index in [1.165, 1.54) is 0 Å². The molecule has 1 N–H and O–H groups in total. The molecule has 0 radical (unpaired) electrons. The minimum Gasteiger partial charge on any atom is -0.495 e. The number of carbonyl (C=O) groups excluding carboxylic acids is 1. The van der Waals surface area contributed by atoms with Crippen molar-refractivity contribution >= 4 is 33.2 Å². The van der Waals surface area contributed by atoms with Gasteiger partial charge >= 0.3 is 5.97 Å². The Kier molecular flexibility index (Phi) is 4.15. The van der Waals surface area contributed by atoms with E-state index in [2.05, 4.69) is 21.2 Å². The number of cyclic esters (lactones) is 1. The minimum atomic E-state index is -0.320. The number of hydrogen-bond donors (Lipinski definition) is 1. The minimum absolute atomic E-state index is 0.224. The molecule has 0 saturated carbocycles. The molecule has 0 unspecified atom stereocenters. The fourth-order valence-corrected chi connectivity index (χ4v) is 2.59. The molecule has 0 fully saturated rings. The number of halogens is 1. The first kappa shape index (κ1) is 14.7. The first-order valence-electron chi connectivity index (χ1n) is 6.75. The smallest absolute Gasteiger partial charge is 0.341 e. The highest BCUT2D eigenvalue weighted by Crippen LogP contribution is 2.31. The molecule has 0 bridgehead atoms. The Balaban J connectivity index is 1.99. The highest BCUT2D eigenvalue weighted by atomic mass is 79.9. The molecule has 0 amide bonds. The number of rotatable bonds is 4. The maximum absolute atomic E-state index is 12.1. The molecule has 0 saturated heterocycles. The number of hydrogen-bond acceptors (Lipinski definition) is 4. The Labute approximate surface area is 136 Å². The van der Waals surface area contributed by atoms with E-state index >= 15 is 0 Å². The van der Waals surface area contributed by atoms with Crippen LogP contribution in [0.15, 0.2) is 58.7 Å². The second kappa shape index (κ2) is 6.23. The van der Waals surface area contributed by atoms with Crippen molar-refractivity contribution in [2.24, 2.45) is 0 Å². The van der Waals surface area contributed by atoms with Gasteiger partial charge in [-0.15, -0.1) is 0 Å². The van der Waals surface area contributed by atoms with Gasteiger partial charge in [0, 0.05) is 4.47 Å². The van der Waals surface area contributed by atoms with Crippen LogP contribution in [-0.4, -0.2) is 19.7 Å². The van der Waals surface area contributed by atoms with Crippen LogP contribution < -0.4 is 10.1 Å². The molecular weight excluding hydrogens is 346 g/mol. The van der Waals surface area contributed by atoms with Crippen LogP contribution >= 0.6 is 15.9 Å². The Morgan fingerprint density at radius 2 is 1.86 bits per heavy atom. The summed E-state index contributed by atoms with van der Waals surface area (Å²) in [5.74, 6) is 0.393. The fourth-order valence-electron chi connectivity index (χ4n) is 2.32. The van der Waals surface area contributed by atoms with Gasteiger partial charge in [0.25, 0.3) is 0 Å². The Hall–Kier alpha value is -2.27. The number of methoxy groups -OCH3 is 1. The maximum Gasteiger partial charge on any atom is 0.341 e. The first-order valence-corrected chi connectivity index (χ1v) is 7.54. The number of benzene rings is 2. The lowest BCUT2D eigenvalue weighted by molar-refractivity contribution is -0.134. The van der Waals surface area contributed by atoms with Crippen LogP contribution in [0.3, 0.4) is 0 Å². The van der Waals surface area contributed by atoms with Crippen LogP contribution in [0.5, 0.6) is 5.75 Å². The largest absolute Gasteiger partial charge is 0.495 e. The van der Waals surface area contributed by atoms with Gasteiger partial charge in [-0.05, 0) is 29.8 Å². The summed E-state index contributed by atoms with van der Waals surface area (Å²) in [6, 6.07) is 15.1. The van der Waals surface area contributed by atoms with Crippen molar-refractivity contribution in [3.05, 3.63) is 64.3 Å². The van der Waals surface area contributed by atoms with Gasteiger partial charge in [0.15, 0.2) is 0 Å². The molecule has 3 rings (SSSR count). The summed E-state index contributed by atoms with van der Waals surface area (Å²) in [6.07, 6.45) is 0. The molecule has 2 aromatic rings. The van der Waals surface area contributed by atoms with Crippen LogP contribution in [0, 0.1) is 0 Å². The highest BCUT2D eigenvalue weighted by Gasteiger charge is 2.26. The van der Waals surface area contributed by atoms with Gasteiger partial charge in [-0.25, -0.2) is 4.79 Å². The van der Waals surface area contributed by atoms with Crippen molar-refractivity contribution in [1.29, 1.82) is 0 Å². The molecule has 4 nitrogen and oxygen atoms in total. The molecule has 1 heterocycles. The molecule has 5 heteroatoms. The number of esters is 1. The Bertz CT molecular complexity index is 738. The summed E-state index contributed by atoms with van der Waals surface area (Å²) in [5, 5.41) is 3.25. The van der Waals surface area contributed by atoms with Gasteiger partial charge in [-0.2, -0.15) is 0 Å². The number of anilines is 1. The summed E-state index contributed by atoms with van der Waals surface area (Å²) in [6.45, 7) is 0.224. The molecule has 0 spiro atoms. The van der Waals surface area contributed by atoms with E-state index in [1.54, 1.807) is 7.11 Å². The van der Waals surface area contributed by atoms with Gasteiger partial charge < -0.3 is 14.8 Å². The molecule has 0 aliphatic carbocycles. The lowest BCUT2D eigenvalue weighted by atomic mass is 10.1. The van der Waals surface area contributed by atoms with E-state index < -0.39 is 0 Å². The molecule has 1 aliphatic heterocycles. The predicted molar refractivity (Wildman–Crippen MR) is 88.6 cm³/mol. The summed E-state index contributed by atoms with van der Waals surface area (Å²) < 4.78 is 11.5. The zero-order valence-electron chi connectivity index (χ0n) is 11.9. The average molecular weight is 360 g/mol. The van der Waals surface area contributed by atoms with E-state index in [1.807, 2.05) is 48.5 Å². The number of ether oxygens (including phenoxy) is 2. The number of para-hydroxylation sites is 2. The standard InChI is InChI=1S/C17H14BrNO3/c1-21-15-5-3-2-4-13(15)19-14-10-22-17(20)16(14)11-6-8-12(18)9-7-11/h2-9,19H,10H2,1H3. The summed E-state index contributed by atoms with van der Waals surface area (Å²) >= 11 is 3.39. The maximum atomic E-state index is 12.1. The van der Waals surface area contributed by atoms with Crippen molar-refractivity contribution in [3.63, 3.8) is 0 Å². The molecule has 1 aliphatic rings. The van der Waals surface area contributed by atoms with Crippen molar-refractivity contribution in [2.45, 2.75) is 0 Å². The van der Waals surface area contributed by atoms with Crippen molar-refractivity contribution < 1.29 is 14.3 Å². The lowest BCUT2D eigenvalue weighted by Gasteiger charge is -2.12. The van der Waals surface area contributed by atoms with Gasteiger partial charge in [0.1, 0.15) is 12.4 Å². The van der Waals surface area contributed by atoms with Crippen molar-refractivity contribution in [2.75, 3.05) is 19.0 Å². The SMILES string of the molecule is COc1ccccc1NC1=C(c2ccc(Br)cc2)C(=O)OC1. The monoisotopic (exact) mass is 359 g/mol. The normalized spacial score (nSPS) is 14.0. The molecule has 0 aromatic heterocycles. The fraction of sp³-hybridized carbons (Fsp3) is 0.118.